The van der Waals surface area contributed by atoms with E-state index in [9.17, 15) is 4.79 Å². The highest BCUT2D eigenvalue weighted by atomic mass is 35.5. The summed E-state index contributed by atoms with van der Waals surface area (Å²) in [4.78, 5) is 13.7. The van der Waals surface area contributed by atoms with Crippen molar-refractivity contribution in [3.63, 3.8) is 0 Å². The molecule has 2 aromatic heterocycles. The van der Waals surface area contributed by atoms with Crippen molar-refractivity contribution in [2.24, 2.45) is 0 Å². The van der Waals surface area contributed by atoms with Crippen molar-refractivity contribution in [3.8, 4) is 11.5 Å². The molecule has 8 heteroatoms. The van der Waals surface area contributed by atoms with E-state index in [2.05, 4.69) is 10.2 Å². The molecule has 0 saturated heterocycles. The molecule has 0 bridgehead atoms. The first-order valence-electron chi connectivity index (χ1n) is 7.10. The zero-order valence-electron chi connectivity index (χ0n) is 12.8. The maximum Gasteiger partial charge on any atom is 0.277 e. The molecular formula is C16H14ClN3O3S. The average Bonchev–Trinajstić information content (AvgIpc) is 3.24. The summed E-state index contributed by atoms with van der Waals surface area (Å²) in [7, 11) is 1.72. The van der Waals surface area contributed by atoms with Crippen molar-refractivity contribution >= 4 is 29.3 Å². The second-order valence-corrected chi connectivity index (χ2v) is 6.36. The number of hydrogen-bond donors (Lipinski definition) is 0. The summed E-state index contributed by atoms with van der Waals surface area (Å²) in [5.41, 5.74) is 0.739. The molecule has 24 heavy (non-hydrogen) atoms. The van der Waals surface area contributed by atoms with E-state index in [-0.39, 0.29) is 11.7 Å². The van der Waals surface area contributed by atoms with E-state index in [1.54, 1.807) is 36.4 Å². The van der Waals surface area contributed by atoms with Gasteiger partial charge in [-0.2, -0.15) is 0 Å². The number of amides is 1. The Labute approximate surface area is 147 Å². The van der Waals surface area contributed by atoms with Gasteiger partial charge in [0.05, 0.1) is 18.6 Å². The number of hydrogen-bond acceptors (Lipinski definition) is 6. The highest BCUT2D eigenvalue weighted by molar-refractivity contribution is 7.99. The van der Waals surface area contributed by atoms with Gasteiger partial charge in [-0.05, 0) is 30.3 Å². The normalized spacial score (nSPS) is 10.8. The second-order valence-electron chi connectivity index (χ2n) is 5.00. The maximum absolute atomic E-state index is 12.1. The van der Waals surface area contributed by atoms with E-state index >= 15 is 0 Å². The van der Waals surface area contributed by atoms with Crippen LogP contribution in [0.3, 0.4) is 0 Å². The summed E-state index contributed by atoms with van der Waals surface area (Å²) in [5, 5.41) is 8.85. The van der Waals surface area contributed by atoms with Crippen molar-refractivity contribution in [2.45, 2.75) is 11.8 Å². The van der Waals surface area contributed by atoms with Gasteiger partial charge in [-0.15, -0.1) is 10.2 Å². The molecule has 3 aromatic rings. The van der Waals surface area contributed by atoms with E-state index in [0.717, 1.165) is 11.3 Å². The first-order chi connectivity index (χ1) is 11.6. The molecule has 0 aliphatic heterocycles. The fraction of sp³-hybridized carbons (Fsp3) is 0.188. The van der Waals surface area contributed by atoms with Crippen LogP contribution in [0.1, 0.15) is 5.76 Å². The lowest BCUT2D eigenvalue weighted by molar-refractivity contribution is -0.127. The first-order valence-corrected chi connectivity index (χ1v) is 8.47. The quantitative estimate of drug-likeness (QED) is 0.621. The van der Waals surface area contributed by atoms with Gasteiger partial charge in [0.2, 0.25) is 11.8 Å². The lowest BCUT2D eigenvalue weighted by Gasteiger charge is -2.14. The number of nitrogens with zero attached hydrogens (tertiary/aromatic N) is 3. The fourth-order valence-corrected chi connectivity index (χ4v) is 2.86. The van der Waals surface area contributed by atoms with Crippen LogP contribution in [0.15, 0.2) is 56.7 Å². The number of aromatic nitrogens is 2. The Hall–Kier alpha value is -2.25. The molecule has 0 aliphatic carbocycles. The predicted molar refractivity (Wildman–Crippen MR) is 90.7 cm³/mol. The Balaban J connectivity index is 1.56. The van der Waals surface area contributed by atoms with Crippen LogP contribution in [-0.2, 0) is 11.3 Å². The average molecular weight is 364 g/mol. The molecule has 3 rings (SSSR count). The van der Waals surface area contributed by atoms with Gasteiger partial charge >= 0.3 is 0 Å². The summed E-state index contributed by atoms with van der Waals surface area (Å²) < 4.78 is 10.8. The van der Waals surface area contributed by atoms with Gasteiger partial charge in [-0.3, -0.25) is 4.79 Å². The summed E-state index contributed by atoms with van der Waals surface area (Å²) in [6, 6.07) is 10.8. The lowest BCUT2D eigenvalue weighted by Crippen LogP contribution is -2.27. The Morgan fingerprint density at radius 1 is 1.29 bits per heavy atom. The maximum atomic E-state index is 12.1. The monoisotopic (exact) mass is 363 g/mol. The predicted octanol–water partition coefficient (Wildman–Crippen LogP) is 3.73. The van der Waals surface area contributed by atoms with Crippen LogP contribution >= 0.6 is 23.4 Å². The van der Waals surface area contributed by atoms with E-state index in [1.807, 2.05) is 18.2 Å². The third-order valence-corrected chi connectivity index (χ3v) is 4.23. The zero-order valence-corrected chi connectivity index (χ0v) is 14.4. The van der Waals surface area contributed by atoms with Gasteiger partial charge in [0, 0.05) is 17.6 Å². The summed E-state index contributed by atoms with van der Waals surface area (Å²) >= 11 is 7.14. The van der Waals surface area contributed by atoms with Crippen molar-refractivity contribution in [1.82, 2.24) is 15.1 Å². The molecule has 1 aromatic carbocycles. The van der Waals surface area contributed by atoms with E-state index in [4.69, 9.17) is 20.4 Å². The summed E-state index contributed by atoms with van der Waals surface area (Å²) in [5.74, 6) is 1.25. The number of thioether (sulfide) groups is 1. The van der Waals surface area contributed by atoms with Crippen molar-refractivity contribution in [1.29, 1.82) is 0 Å². The Morgan fingerprint density at radius 3 is 2.92 bits per heavy atom. The Kier molecular flexibility index (Phi) is 5.22. The molecule has 0 atom stereocenters. The summed E-state index contributed by atoms with van der Waals surface area (Å²) in [6.45, 7) is 0.421. The molecule has 0 unspecified atom stereocenters. The van der Waals surface area contributed by atoms with Gasteiger partial charge in [-0.1, -0.05) is 29.4 Å². The highest BCUT2D eigenvalue weighted by Crippen LogP contribution is 2.25. The first kappa shape index (κ1) is 16.6. The highest BCUT2D eigenvalue weighted by Gasteiger charge is 2.14. The van der Waals surface area contributed by atoms with Crippen molar-refractivity contribution in [3.05, 3.63) is 53.4 Å². The van der Waals surface area contributed by atoms with Crippen LogP contribution in [0.25, 0.3) is 11.5 Å². The van der Waals surface area contributed by atoms with E-state index in [0.29, 0.717) is 22.7 Å². The van der Waals surface area contributed by atoms with Crippen LogP contribution in [0.4, 0.5) is 0 Å². The molecule has 0 saturated carbocycles. The molecule has 0 aliphatic rings. The van der Waals surface area contributed by atoms with Crippen LogP contribution in [0, 0.1) is 0 Å². The fourth-order valence-electron chi connectivity index (χ4n) is 1.96. The Morgan fingerprint density at radius 2 is 2.17 bits per heavy atom. The van der Waals surface area contributed by atoms with Crippen LogP contribution in [0.2, 0.25) is 5.02 Å². The smallest absolute Gasteiger partial charge is 0.277 e. The third-order valence-electron chi connectivity index (χ3n) is 3.20. The zero-order chi connectivity index (χ0) is 16.9. The molecule has 6 nitrogen and oxygen atoms in total. The summed E-state index contributed by atoms with van der Waals surface area (Å²) in [6.07, 6.45) is 1.58. The largest absolute Gasteiger partial charge is 0.467 e. The van der Waals surface area contributed by atoms with Crippen LogP contribution < -0.4 is 0 Å². The number of carbonyl (C=O) groups excluding carboxylic acids is 1. The number of carbonyl (C=O) groups is 1. The lowest BCUT2D eigenvalue weighted by atomic mass is 10.2. The van der Waals surface area contributed by atoms with Crippen LogP contribution in [0.5, 0.6) is 0 Å². The minimum Gasteiger partial charge on any atom is -0.467 e. The Bertz CT molecular complexity index is 820. The van der Waals surface area contributed by atoms with Crippen molar-refractivity contribution < 1.29 is 13.6 Å². The minimum absolute atomic E-state index is 0.0566. The van der Waals surface area contributed by atoms with E-state index < -0.39 is 0 Å². The molecule has 124 valence electrons. The van der Waals surface area contributed by atoms with Gasteiger partial charge in [0.1, 0.15) is 5.76 Å². The molecule has 0 fully saturated rings. The minimum atomic E-state index is -0.0566. The number of benzene rings is 1. The molecule has 0 radical (unpaired) electrons. The van der Waals surface area contributed by atoms with Crippen LogP contribution in [-0.4, -0.2) is 33.8 Å². The standard InChI is InChI=1S/C16H14ClN3O3S/c1-20(9-13-6-3-7-22-13)14(21)10-24-16-19-18-15(23-16)11-4-2-5-12(17)8-11/h2-8H,9-10H2,1H3. The van der Waals surface area contributed by atoms with E-state index in [1.165, 1.54) is 11.8 Å². The molecule has 0 N–H and O–H groups in total. The third kappa shape index (κ3) is 4.18. The van der Waals surface area contributed by atoms with Gasteiger partial charge in [0.25, 0.3) is 5.22 Å². The van der Waals surface area contributed by atoms with Gasteiger partial charge in [0.15, 0.2) is 0 Å². The van der Waals surface area contributed by atoms with Gasteiger partial charge in [-0.25, -0.2) is 0 Å². The number of furan rings is 1. The molecule has 2 heterocycles. The number of rotatable bonds is 6. The van der Waals surface area contributed by atoms with Gasteiger partial charge < -0.3 is 13.7 Å². The molecule has 0 spiro atoms. The van der Waals surface area contributed by atoms with Crippen molar-refractivity contribution in [2.75, 3.05) is 12.8 Å². The topological polar surface area (TPSA) is 72.4 Å². The number of halogens is 1. The molecule has 1 amide bonds. The molecular weight excluding hydrogens is 350 g/mol. The second kappa shape index (κ2) is 7.55. The SMILES string of the molecule is CN(Cc1ccco1)C(=O)CSc1nnc(-c2cccc(Cl)c2)o1.